The number of hydrogen-bond donors (Lipinski definition) is 0. The third-order valence-electron chi connectivity index (χ3n) is 0.642. The zero-order valence-electron chi connectivity index (χ0n) is 3.92. The maximum Gasteiger partial charge on any atom is 0.305 e. The van der Waals surface area contributed by atoms with Crippen molar-refractivity contribution < 1.29 is 12.6 Å². The highest BCUT2D eigenvalue weighted by molar-refractivity contribution is 7.75. The Hall–Kier alpha value is 0.0700. The van der Waals surface area contributed by atoms with Gasteiger partial charge in [0.05, 0.1) is 12.7 Å². The fourth-order valence-corrected chi connectivity index (χ4v) is 1.02. The van der Waals surface area contributed by atoms with E-state index in [9.17, 15) is 4.21 Å². The van der Waals surface area contributed by atoms with Gasteiger partial charge in [0.1, 0.15) is 0 Å². The van der Waals surface area contributed by atoms with E-state index < -0.39 is 11.4 Å². The molecule has 0 radical (unpaired) electrons. The molecule has 1 fully saturated rings. The fourth-order valence-electron chi connectivity index (χ4n) is 0.341. The summed E-state index contributed by atoms with van der Waals surface area (Å²) in [6, 6.07) is 0. The van der Waals surface area contributed by atoms with Crippen molar-refractivity contribution in [3.8, 4) is 0 Å². The Morgan fingerprint density at radius 3 is 2.71 bits per heavy atom. The van der Waals surface area contributed by atoms with Crippen LogP contribution in [0.15, 0.2) is 0 Å². The summed E-state index contributed by atoms with van der Waals surface area (Å²) in [7, 11) is 0. The third-order valence-corrected chi connectivity index (χ3v) is 1.46. The summed E-state index contributed by atoms with van der Waals surface area (Å²) in [6.45, 7) is 2.26. The van der Waals surface area contributed by atoms with E-state index in [-0.39, 0.29) is 6.10 Å². The van der Waals surface area contributed by atoms with E-state index in [0.29, 0.717) is 6.61 Å². The molecule has 1 saturated heterocycles. The Labute approximate surface area is 44.5 Å². The second-order valence-electron chi connectivity index (χ2n) is 1.40. The van der Waals surface area contributed by atoms with Gasteiger partial charge in [-0.1, -0.05) is 0 Å². The molecule has 0 aromatic heterocycles. The van der Waals surface area contributed by atoms with Crippen LogP contribution in [0.5, 0.6) is 0 Å². The van der Waals surface area contributed by atoms with Crippen LogP contribution in [0.4, 0.5) is 0 Å². The summed E-state index contributed by atoms with van der Waals surface area (Å²) in [4.78, 5) is 0. The number of rotatable bonds is 0. The maximum absolute atomic E-state index is 10.1. The average Bonchev–Trinajstić information content (AvgIpc) is 1.87. The van der Waals surface area contributed by atoms with E-state index in [4.69, 9.17) is 0 Å². The molecule has 1 aliphatic heterocycles. The lowest BCUT2D eigenvalue weighted by molar-refractivity contribution is 0.262. The second-order valence-corrected chi connectivity index (χ2v) is 2.23. The molecular weight excluding hydrogens is 116 g/mol. The zero-order chi connectivity index (χ0) is 5.28. The molecule has 3 nitrogen and oxygen atoms in total. The van der Waals surface area contributed by atoms with E-state index in [1.54, 1.807) is 0 Å². The Kier molecular flexibility index (Phi) is 1.41. The Bertz CT molecular complexity index is 92.2. The Morgan fingerprint density at radius 1 is 1.86 bits per heavy atom. The lowest BCUT2D eigenvalue weighted by Gasteiger charge is -1.88. The summed E-state index contributed by atoms with van der Waals surface area (Å²) in [5.41, 5.74) is 0. The average molecular weight is 122 g/mol. The highest BCUT2D eigenvalue weighted by Crippen LogP contribution is 2.05. The van der Waals surface area contributed by atoms with Crippen molar-refractivity contribution in [1.29, 1.82) is 0 Å². The maximum atomic E-state index is 10.1. The van der Waals surface area contributed by atoms with Crippen molar-refractivity contribution in [2.24, 2.45) is 0 Å². The predicted molar refractivity (Wildman–Crippen MR) is 24.6 cm³/mol. The van der Waals surface area contributed by atoms with Crippen LogP contribution in [0, 0.1) is 0 Å². The van der Waals surface area contributed by atoms with Crippen LogP contribution in [0.25, 0.3) is 0 Å². The first kappa shape index (κ1) is 5.21. The fraction of sp³-hybridized carbons (Fsp3) is 1.00. The van der Waals surface area contributed by atoms with Crippen molar-refractivity contribution in [3.05, 3.63) is 0 Å². The van der Waals surface area contributed by atoms with E-state index in [1.807, 2.05) is 6.92 Å². The zero-order valence-corrected chi connectivity index (χ0v) is 4.73. The minimum absolute atomic E-state index is 0.000772. The van der Waals surface area contributed by atoms with Crippen molar-refractivity contribution in [2.45, 2.75) is 13.0 Å². The van der Waals surface area contributed by atoms with Crippen LogP contribution >= 0.6 is 0 Å². The molecule has 0 aromatic rings. The highest BCUT2D eigenvalue weighted by atomic mass is 32.2. The van der Waals surface area contributed by atoms with Gasteiger partial charge in [0.2, 0.25) is 0 Å². The largest absolute Gasteiger partial charge is 0.305 e. The molecule has 2 atom stereocenters. The molecule has 1 heterocycles. The molecule has 0 spiro atoms. The van der Waals surface area contributed by atoms with Crippen LogP contribution in [0.2, 0.25) is 0 Å². The van der Waals surface area contributed by atoms with Crippen LogP contribution in [-0.4, -0.2) is 16.9 Å². The molecule has 0 amide bonds. The molecule has 42 valence electrons. The highest BCUT2D eigenvalue weighted by Gasteiger charge is 2.17. The molecule has 0 aliphatic carbocycles. The van der Waals surface area contributed by atoms with Gasteiger partial charge in [-0.25, -0.2) is 0 Å². The number of hydrogen-bond acceptors (Lipinski definition) is 3. The molecule has 4 heteroatoms. The first-order valence-corrected chi connectivity index (χ1v) is 3.01. The first-order valence-electron chi connectivity index (χ1n) is 2.01. The lowest BCUT2D eigenvalue weighted by atomic mass is 10.5. The van der Waals surface area contributed by atoms with E-state index in [2.05, 4.69) is 8.37 Å². The van der Waals surface area contributed by atoms with Gasteiger partial charge in [-0.2, -0.15) is 4.21 Å². The van der Waals surface area contributed by atoms with Crippen molar-refractivity contribution in [3.63, 3.8) is 0 Å². The molecular formula is C3H6O3S. The molecule has 0 unspecified atom stereocenters. The smallest absolute Gasteiger partial charge is 0.266 e. The molecule has 7 heavy (non-hydrogen) atoms. The summed E-state index contributed by atoms with van der Waals surface area (Å²) >= 11 is -1.45. The van der Waals surface area contributed by atoms with Gasteiger partial charge in [-0.3, -0.25) is 8.37 Å². The summed E-state index contributed by atoms with van der Waals surface area (Å²) in [6.07, 6.45) is 0.000772. The van der Waals surface area contributed by atoms with Gasteiger partial charge in [-0.05, 0) is 6.92 Å². The van der Waals surface area contributed by atoms with Crippen molar-refractivity contribution in [2.75, 3.05) is 6.61 Å². The van der Waals surface area contributed by atoms with Gasteiger partial charge in [0, 0.05) is 0 Å². The van der Waals surface area contributed by atoms with Crippen LogP contribution in [0.1, 0.15) is 6.92 Å². The monoisotopic (exact) mass is 122 g/mol. The predicted octanol–water partition coefficient (Wildman–Crippen LogP) is 0.000400. The molecule has 0 aromatic carbocycles. The normalized spacial score (nSPS) is 41.9. The molecule has 0 saturated carbocycles. The van der Waals surface area contributed by atoms with Gasteiger partial charge < -0.3 is 0 Å². The Balaban J connectivity index is 2.40. The van der Waals surface area contributed by atoms with Gasteiger partial charge in [-0.15, -0.1) is 0 Å². The molecule has 0 N–H and O–H groups in total. The summed E-state index contributed by atoms with van der Waals surface area (Å²) in [5.74, 6) is 0. The van der Waals surface area contributed by atoms with E-state index in [1.165, 1.54) is 0 Å². The minimum atomic E-state index is -1.45. The van der Waals surface area contributed by atoms with Crippen LogP contribution < -0.4 is 0 Å². The summed E-state index contributed by atoms with van der Waals surface area (Å²) < 4.78 is 19.2. The van der Waals surface area contributed by atoms with Gasteiger partial charge in [0.25, 0.3) is 0 Å². The van der Waals surface area contributed by atoms with Crippen molar-refractivity contribution in [1.82, 2.24) is 0 Å². The minimum Gasteiger partial charge on any atom is -0.266 e. The standard InChI is InChI=1S/C3H6O3S/c1-3-2-5-7(4)6-3/h3H,2H2,1H3/t3-,7+/m0/s1. The second kappa shape index (κ2) is 1.90. The van der Waals surface area contributed by atoms with E-state index in [0.717, 1.165) is 0 Å². The van der Waals surface area contributed by atoms with Gasteiger partial charge in [0.15, 0.2) is 0 Å². The topological polar surface area (TPSA) is 35.5 Å². The summed E-state index contributed by atoms with van der Waals surface area (Å²) in [5, 5.41) is 0. The molecule has 0 bridgehead atoms. The Morgan fingerprint density at radius 2 is 2.57 bits per heavy atom. The molecule has 1 aliphatic rings. The van der Waals surface area contributed by atoms with Crippen molar-refractivity contribution >= 4 is 11.4 Å². The van der Waals surface area contributed by atoms with E-state index >= 15 is 0 Å². The van der Waals surface area contributed by atoms with Gasteiger partial charge >= 0.3 is 11.4 Å². The lowest BCUT2D eigenvalue weighted by Crippen LogP contribution is -2.00. The van der Waals surface area contributed by atoms with Crippen LogP contribution in [-0.2, 0) is 19.7 Å². The molecule has 1 rings (SSSR count). The van der Waals surface area contributed by atoms with Crippen LogP contribution in [0.3, 0.4) is 0 Å². The third kappa shape index (κ3) is 1.22. The quantitative estimate of drug-likeness (QED) is 0.453. The SMILES string of the molecule is C[C@H]1CO[S@@](=O)O1. The first-order chi connectivity index (χ1) is 3.29.